The second kappa shape index (κ2) is 8.23. The lowest BCUT2D eigenvalue weighted by atomic mass is 9.94. The molecule has 0 spiro atoms. The van der Waals surface area contributed by atoms with Crippen molar-refractivity contribution in [2.75, 3.05) is 24.2 Å². The van der Waals surface area contributed by atoms with Crippen LogP contribution in [0.15, 0.2) is 30.5 Å². The van der Waals surface area contributed by atoms with Gasteiger partial charge in [0.2, 0.25) is 0 Å². The maximum Gasteiger partial charge on any atom is 0.126 e. The average molecular weight is 278 g/mol. The fourth-order valence-corrected chi connectivity index (χ4v) is 2.89. The Kier molecular flexibility index (Phi) is 6.24. The van der Waals surface area contributed by atoms with Crippen molar-refractivity contribution in [2.45, 2.75) is 25.0 Å². The molecule has 0 fully saturated rings. The molecule has 1 aromatic rings. The van der Waals surface area contributed by atoms with Crippen LogP contribution in [0.25, 0.3) is 0 Å². The molecule has 2 rings (SSSR count). The van der Waals surface area contributed by atoms with E-state index in [9.17, 15) is 0 Å². The van der Waals surface area contributed by atoms with E-state index in [4.69, 9.17) is 5.11 Å². The number of hydrogen-bond acceptors (Lipinski definition) is 4. The summed E-state index contributed by atoms with van der Waals surface area (Å²) in [6, 6.07) is 4.15. The molecule has 0 aromatic carbocycles. The van der Waals surface area contributed by atoms with E-state index in [1.807, 2.05) is 12.3 Å². The number of nitrogens with one attached hydrogen (secondary N) is 1. The van der Waals surface area contributed by atoms with Crippen LogP contribution in [0.5, 0.6) is 0 Å². The van der Waals surface area contributed by atoms with E-state index in [0.29, 0.717) is 0 Å². The Morgan fingerprint density at radius 2 is 2.37 bits per heavy atom. The predicted octanol–water partition coefficient (Wildman–Crippen LogP) is 3.08. The molecule has 1 heterocycles. The number of anilines is 1. The molecule has 19 heavy (non-hydrogen) atoms. The molecule has 0 aliphatic heterocycles. The Hall–Kier alpha value is -1.00. The van der Waals surface area contributed by atoms with Crippen LogP contribution in [-0.2, 0) is 5.75 Å². The Morgan fingerprint density at radius 1 is 1.42 bits per heavy atom. The highest BCUT2D eigenvalue weighted by Gasteiger charge is 2.09. The summed E-state index contributed by atoms with van der Waals surface area (Å²) in [5.74, 6) is 3.43. The van der Waals surface area contributed by atoms with Gasteiger partial charge in [0.25, 0.3) is 0 Å². The molecular weight excluding hydrogens is 256 g/mol. The molecule has 2 N–H and O–H groups in total. The number of allylic oxidation sites excluding steroid dienone is 2. The number of aliphatic hydroxyl groups excluding tert-OH is 1. The van der Waals surface area contributed by atoms with Crippen molar-refractivity contribution >= 4 is 17.6 Å². The van der Waals surface area contributed by atoms with Gasteiger partial charge < -0.3 is 10.4 Å². The number of aliphatic hydroxyl groups is 1. The van der Waals surface area contributed by atoms with Gasteiger partial charge in [-0.05, 0) is 42.9 Å². The first-order valence-corrected chi connectivity index (χ1v) is 8.06. The van der Waals surface area contributed by atoms with Crippen LogP contribution < -0.4 is 5.32 Å². The third kappa shape index (κ3) is 5.25. The molecule has 0 saturated carbocycles. The molecule has 1 aromatic heterocycles. The van der Waals surface area contributed by atoms with Crippen LogP contribution in [0.1, 0.15) is 24.8 Å². The van der Waals surface area contributed by atoms with Gasteiger partial charge in [-0.2, -0.15) is 11.8 Å². The maximum atomic E-state index is 8.78. The van der Waals surface area contributed by atoms with E-state index in [2.05, 4.69) is 28.5 Å². The van der Waals surface area contributed by atoms with Crippen molar-refractivity contribution < 1.29 is 5.11 Å². The van der Waals surface area contributed by atoms with Gasteiger partial charge in [-0.15, -0.1) is 0 Å². The van der Waals surface area contributed by atoms with Crippen molar-refractivity contribution in [2.24, 2.45) is 5.92 Å². The fourth-order valence-electron chi connectivity index (χ4n) is 2.21. The van der Waals surface area contributed by atoms with Gasteiger partial charge in [-0.25, -0.2) is 4.98 Å². The Balaban J connectivity index is 1.79. The number of thioether (sulfide) groups is 1. The molecule has 1 unspecified atom stereocenters. The summed E-state index contributed by atoms with van der Waals surface area (Å²) < 4.78 is 0. The monoisotopic (exact) mass is 278 g/mol. The summed E-state index contributed by atoms with van der Waals surface area (Å²) >= 11 is 1.75. The van der Waals surface area contributed by atoms with E-state index in [1.165, 1.54) is 24.8 Å². The molecule has 0 saturated heterocycles. The van der Waals surface area contributed by atoms with E-state index in [1.54, 1.807) is 11.8 Å². The van der Waals surface area contributed by atoms with Gasteiger partial charge in [0, 0.05) is 24.2 Å². The summed E-state index contributed by atoms with van der Waals surface area (Å²) in [5.41, 5.74) is 1.26. The minimum absolute atomic E-state index is 0.246. The first-order valence-electron chi connectivity index (χ1n) is 6.91. The van der Waals surface area contributed by atoms with Crippen LogP contribution in [-0.4, -0.2) is 29.0 Å². The van der Waals surface area contributed by atoms with Gasteiger partial charge in [-0.1, -0.05) is 12.2 Å². The minimum atomic E-state index is 0.246. The highest BCUT2D eigenvalue weighted by atomic mass is 32.2. The summed E-state index contributed by atoms with van der Waals surface area (Å²) in [5, 5.41) is 12.2. The summed E-state index contributed by atoms with van der Waals surface area (Å²) in [6.45, 7) is 1.25. The van der Waals surface area contributed by atoms with Crippen molar-refractivity contribution in [1.82, 2.24) is 4.98 Å². The van der Waals surface area contributed by atoms with Gasteiger partial charge in [0.15, 0.2) is 0 Å². The number of pyridine rings is 1. The van der Waals surface area contributed by atoms with Crippen molar-refractivity contribution in [3.8, 4) is 0 Å². The van der Waals surface area contributed by atoms with E-state index in [0.717, 1.165) is 29.8 Å². The largest absolute Gasteiger partial charge is 0.396 e. The highest BCUT2D eigenvalue weighted by molar-refractivity contribution is 7.98. The first kappa shape index (κ1) is 14.4. The van der Waals surface area contributed by atoms with Gasteiger partial charge >= 0.3 is 0 Å². The maximum absolute atomic E-state index is 8.78. The lowest BCUT2D eigenvalue weighted by Crippen LogP contribution is -2.16. The lowest BCUT2D eigenvalue weighted by molar-refractivity contribution is 0.322. The number of nitrogens with zero attached hydrogens (tertiary/aromatic N) is 1. The quantitative estimate of drug-likeness (QED) is 0.594. The molecule has 3 nitrogen and oxygen atoms in total. The molecule has 0 radical (unpaired) electrons. The zero-order valence-electron chi connectivity index (χ0n) is 11.2. The average Bonchev–Trinajstić information content (AvgIpc) is 2.47. The summed E-state index contributed by atoms with van der Waals surface area (Å²) in [4.78, 5) is 4.36. The van der Waals surface area contributed by atoms with E-state index < -0.39 is 0 Å². The summed E-state index contributed by atoms with van der Waals surface area (Å²) in [7, 11) is 0. The standard InChI is InChI=1S/C15H22N2OS/c18-8-9-19-12-14-6-7-16-15(10-14)17-11-13-4-2-1-3-5-13/h1-2,6-7,10,13,18H,3-5,8-9,11-12H2,(H,16,17). The number of hydrogen-bond donors (Lipinski definition) is 2. The van der Waals surface area contributed by atoms with Gasteiger partial charge in [0.05, 0.1) is 6.61 Å². The van der Waals surface area contributed by atoms with Crippen LogP contribution in [0.4, 0.5) is 5.82 Å². The van der Waals surface area contributed by atoms with Gasteiger partial charge in [-0.3, -0.25) is 0 Å². The second-order valence-corrected chi connectivity index (χ2v) is 5.96. The third-order valence-corrected chi connectivity index (χ3v) is 4.29. The van der Waals surface area contributed by atoms with Crippen LogP contribution in [0.2, 0.25) is 0 Å². The van der Waals surface area contributed by atoms with Crippen LogP contribution >= 0.6 is 11.8 Å². The van der Waals surface area contributed by atoms with E-state index >= 15 is 0 Å². The topological polar surface area (TPSA) is 45.2 Å². The molecule has 0 bridgehead atoms. The van der Waals surface area contributed by atoms with Gasteiger partial charge in [0.1, 0.15) is 5.82 Å². The van der Waals surface area contributed by atoms with Crippen LogP contribution in [0.3, 0.4) is 0 Å². The second-order valence-electron chi connectivity index (χ2n) is 4.86. The molecule has 1 aliphatic rings. The minimum Gasteiger partial charge on any atom is -0.396 e. The third-order valence-electron chi connectivity index (χ3n) is 3.28. The lowest BCUT2D eigenvalue weighted by Gasteiger charge is -2.18. The normalized spacial score (nSPS) is 18.5. The van der Waals surface area contributed by atoms with E-state index in [-0.39, 0.29) is 6.61 Å². The number of rotatable bonds is 7. The Labute approximate surface area is 119 Å². The smallest absolute Gasteiger partial charge is 0.126 e. The zero-order chi connectivity index (χ0) is 13.3. The zero-order valence-corrected chi connectivity index (χ0v) is 12.0. The fraction of sp³-hybridized carbons (Fsp3) is 0.533. The van der Waals surface area contributed by atoms with Crippen molar-refractivity contribution in [3.63, 3.8) is 0 Å². The van der Waals surface area contributed by atoms with Crippen LogP contribution in [0, 0.1) is 5.92 Å². The molecule has 4 heteroatoms. The molecule has 0 amide bonds. The van der Waals surface area contributed by atoms with Crippen molar-refractivity contribution in [3.05, 3.63) is 36.0 Å². The molecule has 1 aliphatic carbocycles. The SMILES string of the molecule is OCCSCc1ccnc(NCC2CC=CCC2)c1. The number of aromatic nitrogens is 1. The summed E-state index contributed by atoms with van der Waals surface area (Å²) in [6.07, 6.45) is 10.1. The Morgan fingerprint density at radius 3 is 3.16 bits per heavy atom. The van der Waals surface area contributed by atoms with Crippen molar-refractivity contribution in [1.29, 1.82) is 0 Å². The molecule has 1 atom stereocenters. The predicted molar refractivity (Wildman–Crippen MR) is 82.5 cm³/mol. The Bertz CT molecular complexity index is 409. The molecule has 104 valence electrons. The first-order chi connectivity index (χ1) is 9.38. The molecular formula is C15H22N2OS. The highest BCUT2D eigenvalue weighted by Crippen LogP contribution is 2.19.